The number of anilines is 1. The molecule has 1 heterocycles. The van der Waals surface area contributed by atoms with Gasteiger partial charge in [0.15, 0.2) is 0 Å². The Morgan fingerprint density at radius 1 is 1.33 bits per heavy atom. The lowest BCUT2D eigenvalue weighted by molar-refractivity contribution is -0.125. The van der Waals surface area contributed by atoms with Crippen LogP contribution in [0.5, 0.6) is 0 Å². The van der Waals surface area contributed by atoms with Gasteiger partial charge in [0.05, 0.1) is 6.04 Å². The maximum atomic E-state index is 12.9. The van der Waals surface area contributed by atoms with Crippen LogP contribution >= 0.6 is 0 Å². The normalized spacial score (nSPS) is 17.3. The Hall–Kier alpha value is -1.88. The van der Waals surface area contributed by atoms with Crippen LogP contribution in [0, 0.1) is 5.82 Å². The molecular weight excluding hydrogens is 269 g/mol. The van der Waals surface area contributed by atoms with Crippen LogP contribution in [0.2, 0.25) is 0 Å². The highest BCUT2D eigenvalue weighted by Gasteiger charge is 2.25. The van der Waals surface area contributed by atoms with Crippen molar-refractivity contribution in [1.29, 1.82) is 0 Å². The highest BCUT2D eigenvalue weighted by atomic mass is 19.1. The second-order valence-electron chi connectivity index (χ2n) is 5.21. The molecule has 0 spiro atoms. The molecule has 5 heteroatoms. The number of halogens is 1. The molecule has 0 aromatic heterocycles. The Balaban J connectivity index is 1.86. The summed E-state index contributed by atoms with van der Waals surface area (Å²) in [5.74, 6) is -0.185. The predicted octanol–water partition coefficient (Wildman–Crippen LogP) is 1.64. The van der Waals surface area contributed by atoms with Gasteiger partial charge in [0.2, 0.25) is 5.91 Å². The molecule has 1 atom stereocenters. The summed E-state index contributed by atoms with van der Waals surface area (Å²) in [6.07, 6.45) is 1.68. The van der Waals surface area contributed by atoms with E-state index in [0.29, 0.717) is 6.54 Å². The lowest BCUT2D eigenvalue weighted by Gasteiger charge is -2.38. The summed E-state index contributed by atoms with van der Waals surface area (Å²) in [7, 11) is 0. The molecular formula is C16H22FN3O. The van der Waals surface area contributed by atoms with E-state index in [0.717, 1.165) is 31.9 Å². The van der Waals surface area contributed by atoms with Crippen LogP contribution in [0.3, 0.4) is 0 Å². The summed E-state index contributed by atoms with van der Waals surface area (Å²) < 4.78 is 12.9. The molecule has 114 valence electrons. The molecule has 0 unspecified atom stereocenters. The monoisotopic (exact) mass is 291 g/mol. The fourth-order valence-corrected chi connectivity index (χ4v) is 2.51. The summed E-state index contributed by atoms with van der Waals surface area (Å²) in [4.78, 5) is 16.3. The van der Waals surface area contributed by atoms with Crippen LogP contribution in [-0.4, -0.2) is 49.6 Å². The van der Waals surface area contributed by atoms with Gasteiger partial charge in [0, 0.05) is 38.4 Å². The molecule has 0 saturated carbocycles. The number of amides is 1. The first-order valence-corrected chi connectivity index (χ1v) is 7.25. The van der Waals surface area contributed by atoms with Crippen LogP contribution in [0.1, 0.15) is 6.92 Å². The number of rotatable bonds is 5. The Labute approximate surface area is 125 Å². The Morgan fingerprint density at radius 2 is 1.95 bits per heavy atom. The number of benzene rings is 1. The molecule has 0 bridgehead atoms. The molecule has 1 aromatic carbocycles. The van der Waals surface area contributed by atoms with Crippen molar-refractivity contribution in [3.63, 3.8) is 0 Å². The van der Waals surface area contributed by atoms with Crippen molar-refractivity contribution in [3.05, 3.63) is 42.7 Å². The molecule has 1 saturated heterocycles. The molecule has 1 N–H and O–H groups in total. The van der Waals surface area contributed by atoms with E-state index < -0.39 is 0 Å². The minimum atomic E-state index is -0.218. The third-order valence-corrected chi connectivity index (χ3v) is 3.85. The molecule has 1 aliphatic heterocycles. The van der Waals surface area contributed by atoms with Crippen LogP contribution in [-0.2, 0) is 4.79 Å². The van der Waals surface area contributed by atoms with Gasteiger partial charge >= 0.3 is 0 Å². The van der Waals surface area contributed by atoms with Gasteiger partial charge in [-0.05, 0) is 31.2 Å². The highest BCUT2D eigenvalue weighted by Crippen LogP contribution is 2.17. The van der Waals surface area contributed by atoms with Gasteiger partial charge < -0.3 is 10.2 Å². The van der Waals surface area contributed by atoms with Crippen molar-refractivity contribution >= 4 is 11.6 Å². The van der Waals surface area contributed by atoms with Gasteiger partial charge in [-0.15, -0.1) is 6.58 Å². The van der Waals surface area contributed by atoms with Crippen LogP contribution < -0.4 is 10.2 Å². The van der Waals surface area contributed by atoms with Gasteiger partial charge in [-0.25, -0.2) is 4.39 Å². The van der Waals surface area contributed by atoms with Gasteiger partial charge in [0.1, 0.15) is 5.82 Å². The first-order chi connectivity index (χ1) is 10.1. The second-order valence-corrected chi connectivity index (χ2v) is 5.21. The van der Waals surface area contributed by atoms with Crippen molar-refractivity contribution in [3.8, 4) is 0 Å². The van der Waals surface area contributed by atoms with E-state index in [-0.39, 0.29) is 17.8 Å². The fraction of sp³-hybridized carbons (Fsp3) is 0.438. The summed E-state index contributed by atoms with van der Waals surface area (Å²) in [6, 6.07) is 6.41. The molecule has 4 nitrogen and oxygen atoms in total. The van der Waals surface area contributed by atoms with Gasteiger partial charge in [-0.1, -0.05) is 6.08 Å². The smallest absolute Gasteiger partial charge is 0.237 e. The zero-order chi connectivity index (χ0) is 15.2. The number of hydrogen-bond donors (Lipinski definition) is 1. The lowest BCUT2D eigenvalue weighted by Crippen LogP contribution is -2.54. The van der Waals surface area contributed by atoms with E-state index in [9.17, 15) is 9.18 Å². The maximum Gasteiger partial charge on any atom is 0.237 e. The van der Waals surface area contributed by atoms with Crippen molar-refractivity contribution in [2.45, 2.75) is 13.0 Å². The van der Waals surface area contributed by atoms with Gasteiger partial charge in [-0.2, -0.15) is 0 Å². The molecule has 1 aliphatic rings. The van der Waals surface area contributed by atoms with Crippen LogP contribution in [0.4, 0.5) is 10.1 Å². The third-order valence-electron chi connectivity index (χ3n) is 3.85. The van der Waals surface area contributed by atoms with Gasteiger partial charge in [-0.3, -0.25) is 9.69 Å². The van der Waals surface area contributed by atoms with Crippen molar-refractivity contribution in [1.82, 2.24) is 10.2 Å². The first-order valence-electron chi connectivity index (χ1n) is 7.25. The lowest BCUT2D eigenvalue weighted by atomic mass is 10.2. The summed E-state index contributed by atoms with van der Waals surface area (Å²) >= 11 is 0. The SMILES string of the molecule is C=CCNC(=O)[C@H](C)N1CCN(c2ccc(F)cc2)CC1. The summed E-state index contributed by atoms with van der Waals surface area (Å²) in [6.45, 7) is 9.33. The molecule has 21 heavy (non-hydrogen) atoms. The van der Waals surface area contributed by atoms with Crippen LogP contribution in [0.25, 0.3) is 0 Å². The van der Waals surface area contributed by atoms with Crippen molar-refractivity contribution in [2.24, 2.45) is 0 Å². The first kappa shape index (κ1) is 15.5. The van der Waals surface area contributed by atoms with E-state index in [1.807, 2.05) is 6.92 Å². The van der Waals surface area contributed by atoms with Crippen molar-refractivity contribution < 1.29 is 9.18 Å². The minimum absolute atomic E-state index is 0.0325. The molecule has 0 radical (unpaired) electrons. The summed E-state index contributed by atoms with van der Waals surface area (Å²) in [5.41, 5.74) is 1.03. The van der Waals surface area contributed by atoms with E-state index in [4.69, 9.17) is 0 Å². The largest absolute Gasteiger partial charge is 0.369 e. The molecule has 0 aliphatic carbocycles. The second kappa shape index (κ2) is 7.22. The van der Waals surface area contributed by atoms with E-state index in [1.165, 1.54) is 12.1 Å². The average molecular weight is 291 g/mol. The van der Waals surface area contributed by atoms with E-state index in [1.54, 1.807) is 18.2 Å². The number of piperazine rings is 1. The fourth-order valence-electron chi connectivity index (χ4n) is 2.51. The number of carbonyl (C=O) groups excluding carboxylic acids is 1. The number of nitrogens with zero attached hydrogens (tertiary/aromatic N) is 2. The van der Waals surface area contributed by atoms with Crippen molar-refractivity contribution in [2.75, 3.05) is 37.6 Å². The predicted molar refractivity (Wildman–Crippen MR) is 82.9 cm³/mol. The molecule has 1 aromatic rings. The quantitative estimate of drug-likeness (QED) is 0.838. The Morgan fingerprint density at radius 3 is 2.52 bits per heavy atom. The molecule has 1 fully saturated rings. The Kier molecular flexibility index (Phi) is 5.33. The van der Waals surface area contributed by atoms with Crippen LogP contribution in [0.15, 0.2) is 36.9 Å². The number of carbonyl (C=O) groups is 1. The highest BCUT2D eigenvalue weighted by molar-refractivity contribution is 5.81. The average Bonchev–Trinajstić information content (AvgIpc) is 2.53. The van der Waals surface area contributed by atoms with E-state index >= 15 is 0 Å². The topological polar surface area (TPSA) is 35.6 Å². The zero-order valence-electron chi connectivity index (χ0n) is 12.4. The summed E-state index contributed by atoms with van der Waals surface area (Å²) in [5, 5.41) is 2.82. The molecule has 1 amide bonds. The zero-order valence-corrected chi connectivity index (χ0v) is 12.4. The standard InChI is InChI=1S/C16H22FN3O/c1-3-8-18-16(21)13(2)19-9-11-20(12-10-19)15-6-4-14(17)5-7-15/h3-7,13H,1,8-12H2,2H3,(H,18,21)/t13-/m0/s1. The Bertz CT molecular complexity index is 481. The van der Waals surface area contributed by atoms with Gasteiger partial charge in [0.25, 0.3) is 0 Å². The number of hydrogen-bond acceptors (Lipinski definition) is 3. The number of nitrogens with one attached hydrogen (secondary N) is 1. The molecule has 2 rings (SSSR count). The third kappa shape index (κ3) is 4.04. The maximum absolute atomic E-state index is 12.9. The minimum Gasteiger partial charge on any atom is -0.369 e. The van der Waals surface area contributed by atoms with E-state index in [2.05, 4.69) is 21.7 Å².